The molecule has 12 heteroatoms. The number of halogens is 3. The number of aryl methyl sites for hydroxylation is 1. The molecule has 1 aliphatic heterocycles. The number of likely N-dealkylation sites (tertiary alicyclic amines) is 1. The molecule has 5 rings (SSSR count). The predicted molar refractivity (Wildman–Crippen MR) is 155 cm³/mol. The molecular weight excluding hydrogens is 545 g/mol. The molecule has 1 saturated heterocycles. The fourth-order valence-electron chi connectivity index (χ4n) is 5.48. The van der Waals surface area contributed by atoms with Gasteiger partial charge >= 0.3 is 6.18 Å². The van der Waals surface area contributed by atoms with Crippen molar-refractivity contribution in [2.24, 2.45) is 5.73 Å². The normalized spacial score (nSPS) is 18.8. The van der Waals surface area contributed by atoms with Gasteiger partial charge in [-0.1, -0.05) is 12.1 Å². The molecule has 1 fully saturated rings. The molecule has 0 aliphatic carbocycles. The smallest absolute Gasteiger partial charge is 0.366 e. The Morgan fingerprint density at radius 3 is 2.36 bits per heavy atom. The van der Waals surface area contributed by atoms with Crippen molar-refractivity contribution in [2.75, 3.05) is 32.5 Å². The minimum absolute atomic E-state index is 0.102. The van der Waals surface area contributed by atoms with Crippen LogP contribution in [0.4, 0.5) is 30.5 Å². The standard InChI is InChI=1S/C30H31F3N8O/c1-19-4-7-25(11-27(19)39-29-37-14-23(15-38-29)22-12-35-18-36-13-22)41(9-8-24(17-41)40(2)3)16-21-6-5-20(28(34)42)10-26(21)30(31,32)33/h4-7,10-15,18,24H,8-9,16-17H2,1-3H3,(H2-,34,37,38,39,42)/p+1/t24?,41-/m0/s1. The first-order valence-electron chi connectivity index (χ1n) is 13.4. The molecule has 42 heavy (non-hydrogen) atoms. The third-order valence-corrected chi connectivity index (χ3v) is 7.91. The molecule has 2 aromatic carbocycles. The molecule has 1 unspecified atom stereocenters. The molecule has 1 aliphatic rings. The lowest BCUT2D eigenvalue weighted by molar-refractivity contribution is -0.138. The summed E-state index contributed by atoms with van der Waals surface area (Å²) in [6.45, 7) is 3.31. The second-order valence-electron chi connectivity index (χ2n) is 10.9. The van der Waals surface area contributed by atoms with Gasteiger partial charge in [-0.15, -0.1) is 0 Å². The molecule has 4 aromatic rings. The highest BCUT2D eigenvalue weighted by atomic mass is 19.4. The van der Waals surface area contributed by atoms with Crippen LogP contribution in [0.5, 0.6) is 0 Å². The van der Waals surface area contributed by atoms with Crippen molar-refractivity contribution in [3.63, 3.8) is 0 Å². The molecule has 3 heterocycles. The van der Waals surface area contributed by atoms with E-state index in [2.05, 4.69) is 30.2 Å². The molecule has 1 amide bonds. The summed E-state index contributed by atoms with van der Waals surface area (Å²) in [6, 6.07) is 9.69. The highest BCUT2D eigenvalue weighted by Gasteiger charge is 2.44. The monoisotopic (exact) mass is 577 g/mol. The Labute approximate surface area is 241 Å². The minimum Gasteiger partial charge on any atom is -0.366 e. The van der Waals surface area contributed by atoms with E-state index in [-0.39, 0.29) is 23.7 Å². The zero-order valence-electron chi connectivity index (χ0n) is 23.6. The Morgan fingerprint density at radius 2 is 1.74 bits per heavy atom. The Bertz CT molecular complexity index is 1580. The maximum atomic E-state index is 14.2. The van der Waals surface area contributed by atoms with Crippen LogP contribution < -0.4 is 15.5 Å². The largest absolute Gasteiger partial charge is 0.416 e. The predicted octanol–water partition coefficient (Wildman–Crippen LogP) is 4.94. The third kappa shape index (κ3) is 6.09. The van der Waals surface area contributed by atoms with Crippen LogP contribution >= 0.6 is 0 Å². The second-order valence-corrected chi connectivity index (χ2v) is 10.9. The number of likely N-dealkylation sites (N-methyl/N-ethyl adjacent to an activating group) is 1. The van der Waals surface area contributed by atoms with E-state index < -0.39 is 17.6 Å². The van der Waals surface area contributed by atoms with Gasteiger partial charge in [0.05, 0.1) is 24.7 Å². The van der Waals surface area contributed by atoms with Crippen LogP contribution in [0, 0.1) is 6.92 Å². The first-order valence-corrected chi connectivity index (χ1v) is 13.4. The molecule has 9 nitrogen and oxygen atoms in total. The number of amides is 1. The summed E-state index contributed by atoms with van der Waals surface area (Å²) < 4.78 is 42.9. The van der Waals surface area contributed by atoms with Gasteiger partial charge in [-0.3, -0.25) is 9.28 Å². The van der Waals surface area contributed by atoms with Gasteiger partial charge < -0.3 is 16.0 Å². The number of benzene rings is 2. The fraction of sp³-hybridized carbons (Fsp3) is 0.300. The quantitative estimate of drug-likeness (QED) is 0.285. The maximum absolute atomic E-state index is 14.2. The van der Waals surface area contributed by atoms with Gasteiger partial charge in [0, 0.05) is 65.2 Å². The number of carbonyl (C=O) groups is 1. The Morgan fingerprint density at radius 1 is 1.05 bits per heavy atom. The lowest BCUT2D eigenvalue weighted by atomic mass is 10.0. The Kier molecular flexibility index (Phi) is 7.93. The molecule has 218 valence electrons. The van der Waals surface area contributed by atoms with Gasteiger partial charge in [0.25, 0.3) is 0 Å². The number of carbonyl (C=O) groups excluding carboxylic acids is 1. The van der Waals surface area contributed by atoms with Crippen LogP contribution in [-0.4, -0.2) is 64.0 Å². The average molecular weight is 578 g/mol. The average Bonchev–Trinajstić information content (AvgIpc) is 3.40. The SMILES string of the molecule is Cc1ccc([N@+]2(Cc3ccc(C(N)=O)cc3C(F)(F)F)CCC(N(C)C)C2)cc1Nc1ncc(-c2cncnc2)cn1. The van der Waals surface area contributed by atoms with Crippen molar-refractivity contribution >= 4 is 23.2 Å². The highest BCUT2D eigenvalue weighted by molar-refractivity contribution is 5.93. The van der Waals surface area contributed by atoms with E-state index in [1.165, 1.54) is 18.5 Å². The number of nitrogens with one attached hydrogen (secondary N) is 1. The molecule has 0 spiro atoms. The lowest BCUT2D eigenvalue weighted by Gasteiger charge is -2.36. The fourth-order valence-corrected chi connectivity index (χ4v) is 5.48. The zero-order valence-corrected chi connectivity index (χ0v) is 23.6. The summed E-state index contributed by atoms with van der Waals surface area (Å²) in [5, 5.41) is 3.28. The van der Waals surface area contributed by atoms with Crippen LogP contribution in [0.3, 0.4) is 0 Å². The van der Waals surface area contributed by atoms with E-state index in [1.807, 2.05) is 39.2 Å². The van der Waals surface area contributed by atoms with E-state index in [1.54, 1.807) is 24.8 Å². The van der Waals surface area contributed by atoms with Gasteiger partial charge in [0.15, 0.2) is 0 Å². The molecule has 0 radical (unpaired) electrons. The van der Waals surface area contributed by atoms with Gasteiger partial charge in [-0.05, 0) is 44.8 Å². The van der Waals surface area contributed by atoms with E-state index in [9.17, 15) is 18.0 Å². The van der Waals surface area contributed by atoms with E-state index in [0.717, 1.165) is 40.6 Å². The Balaban J connectivity index is 1.50. The summed E-state index contributed by atoms with van der Waals surface area (Å²) in [5.74, 6) is -0.511. The molecule has 3 N–H and O–H groups in total. The number of nitrogens with zero attached hydrogens (tertiary/aromatic N) is 6. The van der Waals surface area contributed by atoms with Crippen LogP contribution in [0.2, 0.25) is 0 Å². The first kappa shape index (κ1) is 29.1. The number of rotatable bonds is 8. The Hall–Kier alpha value is -4.42. The number of quaternary nitrogens is 1. The number of primary amides is 1. The van der Waals surface area contributed by atoms with E-state index >= 15 is 0 Å². The minimum atomic E-state index is -4.64. The van der Waals surface area contributed by atoms with Crippen LogP contribution in [0.1, 0.15) is 33.5 Å². The molecule has 0 saturated carbocycles. The summed E-state index contributed by atoms with van der Waals surface area (Å²) in [5.41, 5.74) is 8.54. The van der Waals surface area contributed by atoms with E-state index in [0.29, 0.717) is 23.5 Å². The van der Waals surface area contributed by atoms with Crippen molar-refractivity contribution in [2.45, 2.75) is 32.1 Å². The third-order valence-electron chi connectivity index (χ3n) is 7.91. The van der Waals surface area contributed by atoms with Crippen LogP contribution in [-0.2, 0) is 12.7 Å². The zero-order chi connectivity index (χ0) is 30.1. The van der Waals surface area contributed by atoms with Crippen LogP contribution in [0.15, 0.2) is 67.5 Å². The molecule has 2 atom stereocenters. The summed E-state index contributed by atoms with van der Waals surface area (Å²) in [7, 11) is 3.97. The highest BCUT2D eigenvalue weighted by Crippen LogP contribution is 2.40. The van der Waals surface area contributed by atoms with Crippen molar-refractivity contribution in [3.05, 3.63) is 89.8 Å². The number of hydrogen-bond acceptors (Lipinski definition) is 7. The van der Waals surface area contributed by atoms with E-state index in [4.69, 9.17) is 5.73 Å². The molecule has 0 bridgehead atoms. The number of aromatic nitrogens is 4. The van der Waals surface area contributed by atoms with Crippen molar-refractivity contribution < 1.29 is 18.0 Å². The van der Waals surface area contributed by atoms with Crippen molar-refractivity contribution in [1.29, 1.82) is 0 Å². The summed E-state index contributed by atoms with van der Waals surface area (Å²) in [6.07, 6.45) is 4.34. The van der Waals surface area contributed by atoms with Crippen molar-refractivity contribution in [1.82, 2.24) is 29.3 Å². The topological polar surface area (TPSA) is 110 Å². The number of alkyl halides is 3. The maximum Gasteiger partial charge on any atom is 0.416 e. The molecular formula is C30H32F3N8O+. The summed E-state index contributed by atoms with van der Waals surface area (Å²) >= 11 is 0. The first-order chi connectivity index (χ1) is 19.9. The lowest BCUT2D eigenvalue weighted by Crippen LogP contribution is -2.48. The number of nitrogens with two attached hydrogens (primary N) is 1. The summed E-state index contributed by atoms with van der Waals surface area (Å²) in [4.78, 5) is 30.7. The number of hydrogen-bond donors (Lipinski definition) is 2. The van der Waals surface area contributed by atoms with Crippen molar-refractivity contribution in [3.8, 4) is 11.1 Å². The van der Waals surface area contributed by atoms with Gasteiger partial charge in [-0.2, -0.15) is 13.2 Å². The van der Waals surface area contributed by atoms with Gasteiger partial charge in [0.2, 0.25) is 11.9 Å². The van der Waals surface area contributed by atoms with Crippen LogP contribution in [0.25, 0.3) is 11.1 Å². The van der Waals surface area contributed by atoms with Gasteiger partial charge in [0.1, 0.15) is 18.6 Å². The van der Waals surface area contributed by atoms with Gasteiger partial charge in [-0.25, -0.2) is 19.9 Å². The molecule has 2 aromatic heterocycles. The number of anilines is 2. The second kappa shape index (κ2) is 11.5.